The molecule has 0 bridgehead atoms. The maximum absolute atomic E-state index is 10.4. The van der Waals surface area contributed by atoms with Crippen LogP contribution in [0.4, 0.5) is 0 Å². The molecule has 2 rings (SSSR count). The van der Waals surface area contributed by atoms with Gasteiger partial charge < -0.3 is 20.1 Å². The summed E-state index contributed by atoms with van der Waals surface area (Å²) >= 11 is 1.80. The van der Waals surface area contributed by atoms with E-state index in [9.17, 15) is 5.11 Å². The molecule has 0 aliphatic carbocycles. The van der Waals surface area contributed by atoms with Crippen molar-refractivity contribution in [2.45, 2.75) is 18.6 Å². The highest BCUT2D eigenvalue weighted by molar-refractivity contribution is 14.0. The van der Waals surface area contributed by atoms with Crippen LogP contribution in [0.15, 0.2) is 29.3 Å². The van der Waals surface area contributed by atoms with Gasteiger partial charge in [0.05, 0.1) is 12.7 Å². The smallest absolute Gasteiger partial charge is 0.193 e. The van der Waals surface area contributed by atoms with Crippen molar-refractivity contribution in [3.05, 3.63) is 29.8 Å². The third-order valence-corrected chi connectivity index (χ3v) is 5.04. The van der Waals surface area contributed by atoms with Gasteiger partial charge in [0.2, 0.25) is 0 Å². The highest BCUT2D eigenvalue weighted by Crippen LogP contribution is 2.27. The SMILES string of the molecule is CN=C(NCC1(O)CCSC1)N(C)Cc1ccc(OC)cc1.I. The van der Waals surface area contributed by atoms with Crippen LogP contribution in [0.25, 0.3) is 0 Å². The summed E-state index contributed by atoms with van der Waals surface area (Å²) in [5.41, 5.74) is 0.572. The molecule has 0 spiro atoms. The van der Waals surface area contributed by atoms with Crippen molar-refractivity contribution in [2.24, 2.45) is 4.99 Å². The highest BCUT2D eigenvalue weighted by Gasteiger charge is 2.31. The normalized spacial score (nSPS) is 20.8. The summed E-state index contributed by atoms with van der Waals surface area (Å²) in [6.07, 6.45) is 0.837. The lowest BCUT2D eigenvalue weighted by Crippen LogP contribution is -2.47. The molecule has 0 amide bonds. The van der Waals surface area contributed by atoms with E-state index in [1.54, 1.807) is 25.9 Å². The number of aliphatic hydroxyl groups is 1. The van der Waals surface area contributed by atoms with Crippen LogP contribution in [0.3, 0.4) is 0 Å². The van der Waals surface area contributed by atoms with Gasteiger partial charge in [-0.1, -0.05) is 12.1 Å². The highest BCUT2D eigenvalue weighted by atomic mass is 127. The molecule has 1 fully saturated rings. The molecule has 7 heteroatoms. The van der Waals surface area contributed by atoms with Crippen molar-refractivity contribution in [1.29, 1.82) is 0 Å². The van der Waals surface area contributed by atoms with Gasteiger partial charge in [0.1, 0.15) is 5.75 Å². The van der Waals surface area contributed by atoms with E-state index in [-0.39, 0.29) is 24.0 Å². The molecule has 2 N–H and O–H groups in total. The fourth-order valence-corrected chi connectivity index (χ4v) is 3.74. The lowest BCUT2D eigenvalue weighted by atomic mass is 10.0. The van der Waals surface area contributed by atoms with Gasteiger partial charge in [-0.3, -0.25) is 4.99 Å². The minimum Gasteiger partial charge on any atom is -0.497 e. The second-order valence-corrected chi connectivity index (χ2v) is 6.74. The van der Waals surface area contributed by atoms with Gasteiger partial charge in [-0.25, -0.2) is 0 Å². The molecule has 130 valence electrons. The van der Waals surface area contributed by atoms with Gasteiger partial charge in [-0.05, 0) is 29.9 Å². The van der Waals surface area contributed by atoms with E-state index in [4.69, 9.17) is 4.74 Å². The Labute approximate surface area is 159 Å². The molecule has 1 aliphatic heterocycles. The molecule has 0 radical (unpaired) electrons. The Morgan fingerprint density at radius 1 is 1.43 bits per heavy atom. The molecule has 1 aliphatic rings. The largest absolute Gasteiger partial charge is 0.497 e. The van der Waals surface area contributed by atoms with Crippen LogP contribution in [0.2, 0.25) is 0 Å². The average molecular weight is 451 g/mol. The van der Waals surface area contributed by atoms with Crippen molar-refractivity contribution in [3.63, 3.8) is 0 Å². The first-order valence-electron chi connectivity index (χ1n) is 7.41. The molecule has 0 aromatic heterocycles. The van der Waals surface area contributed by atoms with E-state index in [1.165, 1.54) is 5.56 Å². The van der Waals surface area contributed by atoms with Crippen LogP contribution in [-0.2, 0) is 6.54 Å². The van der Waals surface area contributed by atoms with Gasteiger partial charge in [-0.15, -0.1) is 24.0 Å². The molecule has 1 atom stereocenters. The van der Waals surface area contributed by atoms with Crippen molar-refractivity contribution in [3.8, 4) is 5.75 Å². The average Bonchev–Trinajstić information content (AvgIpc) is 2.95. The minimum absolute atomic E-state index is 0. The molecule has 1 aromatic rings. The van der Waals surface area contributed by atoms with Crippen molar-refractivity contribution in [1.82, 2.24) is 10.2 Å². The number of ether oxygens (including phenoxy) is 1. The molecule has 1 saturated heterocycles. The lowest BCUT2D eigenvalue weighted by Gasteiger charge is -2.27. The van der Waals surface area contributed by atoms with E-state index in [0.717, 1.165) is 36.2 Å². The molecule has 0 saturated carbocycles. The maximum atomic E-state index is 10.4. The zero-order chi connectivity index (χ0) is 16.0. The number of nitrogens with zero attached hydrogens (tertiary/aromatic N) is 2. The molecule has 1 unspecified atom stereocenters. The van der Waals surface area contributed by atoms with Gasteiger partial charge in [0.25, 0.3) is 0 Å². The maximum Gasteiger partial charge on any atom is 0.193 e. The number of thioether (sulfide) groups is 1. The second-order valence-electron chi connectivity index (χ2n) is 5.63. The predicted octanol–water partition coefficient (Wildman–Crippen LogP) is 2.19. The van der Waals surface area contributed by atoms with E-state index in [2.05, 4.69) is 10.3 Å². The molecule has 23 heavy (non-hydrogen) atoms. The van der Waals surface area contributed by atoms with E-state index in [1.807, 2.05) is 36.2 Å². The first-order chi connectivity index (χ1) is 10.6. The minimum atomic E-state index is -0.610. The number of rotatable bonds is 5. The summed E-state index contributed by atoms with van der Waals surface area (Å²) in [6, 6.07) is 8.00. The molecular formula is C16H26IN3O2S. The van der Waals surface area contributed by atoms with Crippen LogP contribution >= 0.6 is 35.7 Å². The summed E-state index contributed by atoms with van der Waals surface area (Å²) in [7, 11) is 5.42. The topological polar surface area (TPSA) is 57.1 Å². The van der Waals surface area contributed by atoms with Gasteiger partial charge in [-0.2, -0.15) is 11.8 Å². The number of nitrogens with one attached hydrogen (secondary N) is 1. The number of halogens is 1. The summed E-state index contributed by atoms with van der Waals surface area (Å²) < 4.78 is 5.17. The molecule has 1 aromatic carbocycles. The zero-order valence-electron chi connectivity index (χ0n) is 13.9. The monoisotopic (exact) mass is 451 g/mol. The van der Waals surface area contributed by atoms with Gasteiger partial charge in [0.15, 0.2) is 5.96 Å². The fraction of sp³-hybridized carbons (Fsp3) is 0.562. The van der Waals surface area contributed by atoms with Crippen molar-refractivity contribution < 1.29 is 9.84 Å². The Kier molecular flexibility index (Phi) is 8.49. The Balaban J connectivity index is 0.00000264. The fourth-order valence-electron chi connectivity index (χ4n) is 2.44. The molecule has 1 heterocycles. The standard InChI is InChI=1S/C16H25N3O2S.HI/c1-17-15(18-11-16(20)8-9-22-12-16)19(2)10-13-4-6-14(21-3)7-5-13;/h4-7,20H,8-12H2,1-3H3,(H,17,18);1H. The Morgan fingerprint density at radius 2 is 2.13 bits per heavy atom. The van der Waals surface area contributed by atoms with Crippen LogP contribution in [0.1, 0.15) is 12.0 Å². The van der Waals surface area contributed by atoms with Crippen LogP contribution in [0.5, 0.6) is 5.75 Å². The van der Waals surface area contributed by atoms with Crippen LogP contribution < -0.4 is 10.1 Å². The predicted molar refractivity (Wildman–Crippen MR) is 108 cm³/mol. The Morgan fingerprint density at radius 3 is 2.65 bits per heavy atom. The number of guanidine groups is 1. The Hall–Kier alpha value is -0.670. The lowest BCUT2D eigenvalue weighted by molar-refractivity contribution is 0.0718. The second kappa shape index (κ2) is 9.58. The number of methoxy groups -OCH3 is 1. The van der Waals surface area contributed by atoms with Gasteiger partial charge in [0, 0.05) is 32.9 Å². The van der Waals surface area contributed by atoms with E-state index >= 15 is 0 Å². The number of benzene rings is 1. The first-order valence-corrected chi connectivity index (χ1v) is 8.57. The van der Waals surface area contributed by atoms with Crippen molar-refractivity contribution >= 4 is 41.7 Å². The molecular weight excluding hydrogens is 425 g/mol. The van der Waals surface area contributed by atoms with Crippen LogP contribution in [0, 0.1) is 0 Å². The quantitative estimate of drug-likeness (QED) is 0.409. The number of aliphatic imine (C=N–C) groups is 1. The third kappa shape index (κ3) is 6.04. The van der Waals surface area contributed by atoms with Crippen molar-refractivity contribution in [2.75, 3.05) is 39.3 Å². The van der Waals surface area contributed by atoms with E-state index < -0.39 is 5.60 Å². The summed E-state index contributed by atoms with van der Waals surface area (Å²) in [5.74, 6) is 3.47. The Bertz CT molecular complexity index is 505. The van der Waals surface area contributed by atoms with Gasteiger partial charge >= 0.3 is 0 Å². The van der Waals surface area contributed by atoms with E-state index in [0.29, 0.717) is 6.54 Å². The first kappa shape index (κ1) is 20.4. The molecule has 5 nitrogen and oxygen atoms in total. The number of hydrogen-bond acceptors (Lipinski definition) is 4. The third-order valence-electron chi connectivity index (χ3n) is 3.81. The summed E-state index contributed by atoms with van der Waals surface area (Å²) in [5, 5.41) is 13.7. The summed E-state index contributed by atoms with van der Waals surface area (Å²) in [6.45, 7) is 1.29. The zero-order valence-corrected chi connectivity index (χ0v) is 17.1. The van der Waals surface area contributed by atoms with Crippen LogP contribution in [-0.4, -0.2) is 60.8 Å². The number of hydrogen-bond donors (Lipinski definition) is 2. The summed E-state index contributed by atoms with van der Waals surface area (Å²) in [4.78, 5) is 6.35.